The molecule has 0 amide bonds. The molecule has 0 unspecified atom stereocenters. The van der Waals surface area contributed by atoms with Gasteiger partial charge in [0.15, 0.2) is 14.1 Å². The predicted molar refractivity (Wildman–Crippen MR) is 108 cm³/mol. The molecule has 3 nitrogen and oxygen atoms in total. The number of hydrogen-bond acceptors (Lipinski definition) is 3. The van der Waals surface area contributed by atoms with E-state index in [1.165, 1.54) is 25.7 Å². The summed E-state index contributed by atoms with van der Waals surface area (Å²) < 4.78 is 18.9. The molecule has 0 saturated carbocycles. The van der Waals surface area contributed by atoms with E-state index in [9.17, 15) is 0 Å². The molecule has 0 aromatic carbocycles. The summed E-state index contributed by atoms with van der Waals surface area (Å²) in [5, 5.41) is 0.118. The molecule has 1 saturated heterocycles. The minimum atomic E-state index is -1.96. The van der Waals surface area contributed by atoms with Gasteiger partial charge in [-0.05, 0) is 38.4 Å². The van der Waals surface area contributed by atoms with Crippen LogP contribution in [-0.2, 0) is 13.9 Å². The fourth-order valence-corrected chi connectivity index (χ4v) is 4.17. The summed E-state index contributed by atoms with van der Waals surface area (Å²) in [5.41, 5.74) is 0. The third-order valence-electron chi connectivity index (χ3n) is 5.50. The van der Waals surface area contributed by atoms with Crippen molar-refractivity contribution in [1.29, 1.82) is 0 Å². The molecule has 1 heterocycles. The molecule has 3 atom stereocenters. The minimum Gasteiger partial charge on any atom is -0.401 e. The van der Waals surface area contributed by atoms with Crippen molar-refractivity contribution in [2.24, 2.45) is 0 Å². The van der Waals surface area contributed by atoms with Crippen LogP contribution < -0.4 is 0 Å². The highest BCUT2D eigenvalue weighted by molar-refractivity contribution is 6.74. The number of hydrogen-bond donors (Lipinski definition) is 0. The number of unbranched alkanes of at least 4 members (excludes halogenated alkanes) is 4. The van der Waals surface area contributed by atoms with Crippen LogP contribution in [-0.4, -0.2) is 32.4 Å². The summed E-state index contributed by atoms with van der Waals surface area (Å²) in [4.78, 5) is 0. The molecule has 1 aliphatic rings. The maximum Gasteiger partial charge on any atom is 0.193 e. The Morgan fingerprint density at radius 2 is 1.72 bits per heavy atom. The minimum absolute atomic E-state index is 0.0162. The van der Waals surface area contributed by atoms with Gasteiger partial charge in [-0.25, -0.2) is 0 Å². The quantitative estimate of drug-likeness (QED) is 0.288. The maximum absolute atomic E-state index is 6.50. The second-order valence-electron chi connectivity index (χ2n) is 9.31. The molecule has 0 spiro atoms. The zero-order valence-corrected chi connectivity index (χ0v) is 18.8. The van der Waals surface area contributed by atoms with E-state index >= 15 is 0 Å². The van der Waals surface area contributed by atoms with Crippen molar-refractivity contribution in [3.63, 3.8) is 0 Å². The van der Waals surface area contributed by atoms with Gasteiger partial charge in [0.25, 0.3) is 0 Å². The van der Waals surface area contributed by atoms with Gasteiger partial charge in [-0.3, -0.25) is 0 Å². The van der Waals surface area contributed by atoms with Crippen molar-refractivity contribution in [2.45, 2.75) is 122 Å². The molecule has 146 valence electrons. The normalized spacial score (nSPS) is 24.9. The van der Waals surface area contributed by atoms with E-state index in [1.54, 1.807) is 0 Å². The van der Waals surface area contributed by atoms with Gasteiger partial charge in [0, 0.05) is 0 Å². The number of rotatable bonds is 9. The second-order valence-corrected chi connectivity index (χ2v) is 14.1. The lowest BCUT2D eigenvalue weighted by molar-refractivity contribution is -0.151. The van der Waals surface area contributed by atoms with Gasteiger partial charge in [-0.2, -0.15) is 0 Å². The van der Waals surface area contributed by atoms with Crippen LogP contribution in [0.1, 0.15) is 80.1 Å². The van der Waals surface area contributed by atoms with Crippen LogP contribution in [0.3, 0.4) is 0 Å². The van der Waals surface area contributed by atoms with Crippen molar-refractivity contribution in [1.82, 2.24) is 0 Å². The monoisotopic (exact) mass is 368 g/mol. The molecule has 0 radical (unpaired) electrons. The molecular formula is C21H40O3Si. The Kier molecular flexibility index (Phi) is 8.21. The van der Waals surface area contributed by atoms with Crippen LogP contribution in [0.5, 0.6) is 0 Å². The first-order chi connectivity index (χ1) is 11.4. The van der Waals surface area contributed by atoms with Crippen LogP contribution in [0.2, 0.25) is 18.1 Å². The zero-order chi connectivity index (χ0) is 19.3. The summed E-state index contributed by atoms with van der Waals surface area (Å²) in [7, 11) is -1.96. The van der Waals surface area contributed by atoms with Crippen LogP contribution in [0.25, 0.3) is 0 Å². The molecular weight excluding hydrogens is 328 g/mol. The molecule has 1 rings (SSSR count). The van der Waals surface area contributed by atoms with Crippen LogP contribution in [0.15, 0.2) is 0 Å². The Balaban J connectivity index is 2.76. The van der Waals surface area contributed by atoms with Crippen LogP contribution in [0.4, 0.5) is 0 Å². The van der Waals surface area contributed by atoms with Crippen molar-refractivity contribution < 1.29 is 13.9 Å². The lowest BCUT2D eigenvalue weighted by Gasteiger charge is -2.39. The van der Waals surface area contributed by atoms with Gasteiger partial charge in [0.2, 0.25) is 0 Å². The van der Waals surface area contributed by atoms with Crippen LogP contribution in [0, 0.1) is 12.3 Å². The van der Waals surface area contributed by atoms with Crippen molar-refractivity contribution in [3.8, 4) is 12.3 Å². The lowest BCUT2D eigenvalue weighted by Crippen LogP contribution is -2.48. The molecule has 25 heavy (non-hydrogen) atoms. The highest BCUT2D eigenvalue weighted by Crippen LogP contribution is 2.40. The molecule has 0 aromatic rings. The summed E-state index contributed by atoms with van der Waals surface area (Å²) >= 11 is 0. The summed E-state index contributed by atoms with van der Waals surface area (Å²) in [6.07, 6.45) is 12.6. The highest BCUT2D eigenvalue weighted by Gasteiger charge is 2.48. The highest BCUT2D eigenvalue weighted by atomic mass is 28.4. The van der Waals surface area contributed by atoms with E-state index in [4.69, 9.17) is 20.3 Å². The van der Waals surface area contributed by atoms with E-state index < -0.39 is 14.1 Å². The molecule has 1 fully saturated rings. The molecule has 0 bridgehead atoms. The van der Waals surface area contributed by atoms with Crippen LogP contribution >= 0.6 is 0 Å². The van der Waals surface area contributed by atoms with Gasteiger partial charge < -0.3 is 13.9 Å². The van der Waals surface area contributed by atoms with E-state index in [0.717, 1.165) is 12.8 Å². The van der Waals surface area contributed by atoms with Crippen molar-refractivity contribution >= 4 is 8.32 Å². The zero-order valence-electron chi connectivity index (χ0n) is 17.8. The topological polar surface area (TPSA) is 27.7 Å². The second kappa shape index (κ2) is 9.04. The number of ether oxygens (including phenoxy) is 2. The summed E-state index contributed by atoms with van der Waals surface area (Å²) in [6.45, 7) is 17.3. The van der Waals surface area contributed by atoms with Gasteiger partial charge in [0.1, 0.15) is 12.2 Å². The fraction of sp³-hybridized carbons (Fsp3) is 0.905. The Hall–Kier alpha value is -0.343. The first-order valence-corrected chi connectivity index (χ1v) is 12.8. The van der Waals surface area contributed by atoms with E-state index in [-0.39, 0.29) is 23.4 Å². The first kappa shape index (κ1) is 22.7. The van der Waals surface area contributed by atoms with Gasteiger partial charge >= 0.3 is 0 Å². The third kappa shape index (κ3) is 6.71. The summed E-state index contributed by atoms with van der Waals surface area (Å²) in [6, 6.07) is 0. The molecule has 0 N–H and O–H groups in total. The van der Waals surface area contributed by atoms with E-state index in [0.29, 0.717) is 0 Å². The van der Waals surface area contributed by atoms with Crippen molar-refractivity contribution in [3.05, 3.63) is 0 Å². The Bertz CT molecular complexity index is 445. The molecule has 4 heteroatoms. The molecule has 1 aliphatic heterocycles. The lowest BCUT2D eigenvalue weighted by atomic mass is 10.0. The average molecular weight is 369 g/mol. The Morgan fingerprint density at radius 3 is 2.24 bits per heavy atom. The number of terminal acetylenes is 1. The van der Waals surface area contributed by atoms with Gasteiger partial charge in [-0.1, -0.05) is 65.7 Å². The average Bonchev–Trinajstić information content (AvgIpc) is 2.78. The van der Waals surface area contributed by atoms with Gasteiger partial charge in [0.05, 0.1) is 6.10 Å². The largest absolute Gasteiger partial charge is 0.401 e. The standard InChI is InChI=1S/C21H40O3Si/c1-10-12-13-14-15-16-18-19(23-21(6,7)22-18)17(11-2)24-25(8,9)20(3,4)5/h2,17-19H,10,12-16H2,1,3-9H3/t17-,18+,19-/m1/s1. The first-order valence-electron chi connectivity index (χ1n) is 9.93. The van der Waals surface area contributed by atoms with Crippen molar-refractivity contribution in [2.75, 3.05) is 0 Å². The Labute approximate surface area is 157 Å². The summed E-state index contributed by atoms with van der Waals surface area (Å²) in [5.74, 6) is 2.27. The maximum atomic E-state index is 6.50. The van der Waals surface area contributed by atoms with E-state index in [2.05, 4.69) is 46.7 Å². The fourth-order valence-electron chi connectivity index (χ4n) is 2.98. The Morgan fingerprint density at radius 1 is 1.12 bits per heavy atom. The SMILES string of the molecule is C#C[C@@H](O[Si](C)(C)C(C)(C)C)[C@H]1OC(C)(C)O[C@H]1CCCCCCC. The molecule has 0 aliphatic carbocycles. The molecule has 0 aromatic heterocycles. The third-order valence-corrected chi connectivity index (χ3v) is 9.96. The van der Waals surface area contributed by atoms with E-state index in [1.807, 2.05) is 13.8 Å². The smallest absolute Gasteiger partial charge is 0.193 e. The van der Waals surface area contributed by atoms with Gasteiger partial charge in [-0.15, -0.1) is 6.42 Å². The predicted octanol–water partition coefficient (Wildman–Crippen LogP) is 5.89.